The van der Waals surface area contributed by atoms with Gasteiger partial charge in [-0.2, -0.15) is 5.26 Å². The average Bonchev–Trinajstić information content (AvgIpc) is 2.08. The highest BCUT2D eigenvalue weighted by atomic mass is 35.5. The number of hydrogen-bond donors (Lipinski definition) is 1. The molecule has 6 heteroatoms. The van der Waals surface area contributed by atoms with Gasteiger partial charge in [-0.25, -0.2) is 0 Å². The first-order valence-corrected chi connectivity index (χ1v) is 3.57. The van der Waals surface area contributed by atoms with Crippen LogP contribution in [0.4, 0.5) is 11.4 Å². The third kappa shape index (κ3) is 1.68. The number of benzene rings is 1. The van der Waals surface area contributed by atoms with Gasteiger partial charge in [-0.1, -0.05) is 11.6 Å². The van der Waals surface area contributed by atoms with E-state index >= 15 is 0 Å². The number of nitriles is 1. The fourth-order valence-electron chi connectivity index (χ4n) is 0.819. The van der Waals surface area contributed by atoms with Crippen LogP contribution in [0.5, 0.6) is 0 Å². The molecule has 2 N–H and O–H groups in total. The Hall–Kier alpha value is -1.80. The molecule has 1 aromatic carbocycles. The number of halogens is 1. The molecule has 0 heterocycles. The van der Waals surface area contributed by atoms with Crippen molar-refractivity contribution in [1.29, 1.82) is 5.26 Å². The summed E-state index contributed by atoms with van der Waals surface area (Å²) in [6.07, 6.45) is 0. The van der Waals surface area contributed by atoms with E-state index in [1.54, 1.807) is 6.07 Å². The van der Waals surface area contributed by atoms with E-state index in [1.165, 1.54) is 6.07 Å². The predicted molar refractivity (Wildman–Crippen MR) is 47.2 cm³/mol. The van der Waals surface area contributed by atoms with E-state index in [-0.39, 0.29) is 22.0 Å². The van der Waals surface area contributed by atoms with Crippen molar-refractivity contribution in [3.8, 4) is 6.07 Å². The minimum atomic E-state index is -0.675. The molecule has 0 spiro atoms. The van der Waals surface area contributed by atoms with Crippen molar-refractivity contribution in [2.75, 3.05) is 5.73 Å². The Balaban J connectivity index is 3.44. The van der Waals surface area contributed by atoms with Crippen LogP contribution >= 0.6 is 11.6 Å². The van der Waals surface area contributed by atoms with Crippen LogP contribution in [0.2, 0.25) is 5.02 Å². The molecule has 0 aliphatic heterocycles. The molecule has 0 aliphatic rings. The maximum atomic E-state index is 10.4. The van der Waals surface area contributed by atoms with Gasteiger partial charge in [-0.05, 0) is 6.07 Å². The lowest BCUT2D eigenvalue weighted by Crippen LogP contribution is -1.95. The number of nitrogen functional groups attached to an aromatic ring is 1. The molecule has 66 valence electrons. The molecule has 5 nitrogen and oxygen atoms in total. The van der Waals surface area contributed by atoms with Crippen molar-refractivity contribution >= 4 is 23.0 Å². The Bertz CT molecular complexity index is 411. The monoisotopic (exact) mass is 197 g/mol. The third-order valence-electron chi connectivity index (χ3n) is 1.43. The fraction of sp³-hybridized carbons (Fsp3) is 0. The van der Waals surface area contributed by atoms with E-state index < -0.39 is 4.92 Å². The Morgan fingerprint density at radius 1 is 1.62 bits per heavy atom. The van der Waals surface area contributed by atoms with Gasteiger partial charge < -0.3 is 5.73 Å². The number of nitrogens with zero attached hydrogens (tertiary/aromatic N) is 2. The van der Waals surface area contributed by atoms with Crippen LogP contribution < -0.4 is 5.73 Å². The Morgan fingerprint density at radius 2 is 2.23 bits per heavy atom. The summed E-state index contributed by atoms with van der Waals surface area (Å²) < 4.78 is 0. The van der Waals surface area contributed by atoms with Gasteiger partial charge in [0, 0.05) is 6.07 Å². The van der Waals surface area contributed by atoms with Gasteiger partial charge in [0.25, 0.3) is 5.69 Å². The van der Waals surface area contributed by atoms with Crippen LogP contribution in [0.15, 0.2) is 12.1 Å². The lowest BCUT2D eigenvalue weighted by molar-refractivity contribution is -0.385. The van der Waals surface area contributed by atoms with Gasteiger partial charge in [0.1, 0.15) is 11.6 Å². The average molecular weight is 198 g/mol. The lowest BCUT2D eigenvalue weighted by Gasteiger charge is -1.98. The molecular formula is C7H4ClN3O2. The fourth-order valence-corrected chi connectivity index (χ4v) is 0.982. The molecule has 0 saturated carbocycles. The molecule has 0 aliphatic carbocycles. The Morgan fingerprint density at radius 3 is 2.69 bits per heavy atom. The van der Waals surface area contributed by atoms with Crippen molar-refractivity contribution in [3.63, 3.8) is 0 Å². The third-order valence-corrected chi connectivity index (χ3v) is 1.76. The minimum Gasteiger partial charge on any atom is -0.397 e. The standard InChI is InChI=1S/C7H4ClN3O2/c8-5-1-4(3-9)7(11(12)13)2-6(5)10/h1-2H,10H2. The molecule has 0 bridgehead atoms. The minimum absolute atomic E-state index is 0.0902. The second-order valence-corrected chi connectivity index (χ2v) is 2.67. The molecular weight excluding hydrogens is 194 g/mol. The predicted octanol–water partition coefficient (Wildman–Crippen LogP) is 1.70. The first kappa shape index (κ1) is 9.29. The van der Waals surface area contributed by atoms with Crippen LogP contribution in [-0.2, 0) is 0 Å². The number of anilines is 1. The summed E-state index contributed by atoms with van der Waals surface area (Å²) in [5, 5.41) is 19.1. The zero-order chi connectivity index (χ0) is 10.0. The molecule has 0 aromatic heterocycles. The van der Waals surface area contributed by atoms with Gasteiger partial charge in [0.05, 0.1) is 15.6 Å². The first-order chi connectivity index (χ1) is 6.06. The zero-order valence-corrected chi connectivity index (χ0v) is 7.08. The van der Waals surface area contributed by atoms with Crippen LogP contribution in [0, 0.1) is 21.4 Å². The topological polar surface area (TPSA) is 93.0 Å². The molecule has 1 rings (SSSR count). The van der Waals surface area contributed by atoms with Crippen molar-refractivity contribution in [2.24, 2.45) is 0 Å². The quantitative estimate of drug-likeness (QED) is 0.421. The van der Waals surface area contributed by atoms with Gasteiger partial charge in [0.2, 0.25) is 0 Å². The Kier molecular flexibility index (Phi) is 2.35. The smallest absolute Gasteiger partial charge is 0.289 e. The number of hydrogen-bond acceptors (Lipinski definition) is 4. The van der Waals surface area contributed by atoms with Crippen molar-refractivity contribution < 1.29 is 4.92 Å². The lowest BCUT2D eigenvalue weighted by atomic mass is 10.2. The summed E-state index contributed by atoms with van der Waals surface area (Å²) in [5.41, 5.74) is 5.00. The number of nitro benzene ring substituents is 1. The van der Waals surface area contributed by atoms with Crippen molar-refractivity contribution in [3.05, 3.63) is 32.8 Å². The molecule has 0 saturated heterocycles. The first-order valence-electron chi connectivity index (χ1n) is 3.19. The maximum absolute atomic E-state index is 10.4. The molecule has 0 amide bonds. The zero-order valence-electron chi connectivity index (χ0n) is 6.32. The highest BCUT2D eigenvalue weighted by molar-refractivity contribution is 6.33. The van der Waals surface area contributed by atoms with E-state index in [1.807, 2.05) is 0 Å². The maximum Gasteiger partial charge on any atom is 0.289 e. The molecule has 0 radical (unpaired) electrons. The van der Waals surface area contributed by atoms with Crippen LogP contribution in [0.1, 0.15) is 5.56 Å². The number of nitrogens with two attached hydrogens (primary N) is 1. The van der Waals surface area contributed by atoms with Crippen molar-refractivity contribution in [2.45, 2.75) is 0 Å². The SMILES string of the molecule is N#Cc1cc(Cl)c(N)cc1[N+](=O)[O-]. The molecule has 0 atom stereocenters. The molecule has 0 unspecified atom stereocenters. The molecule has 1 aromatic rings. The van der Waals surface area contributed by atoms with Crippen LogP contribution in [-0.4, -0.2) is 4.92 Å². The summed E-state index contributed by atoms with van der Waals surface area (Å²) in [6, 6.07) is 3.91. The summed E-state index contributed by atoms with van der Waals surface area (Å²) in [6.45, 7) is 0. The largest absolute Gasteiger partial charge is 0.397 e. The van der Waals surface area contributed by atoms with E-state index in [0.29, 0.717) is 0 Å². The van der Waals surface area contributed by atoms with Crippen LogP contribution in [0.3, 0.4) is 0 Å². The molecule has 0 fully saturated rings. The van der Waals surface area contributed by atoms with E-state index in [9.17, 15) is 10.1 Å². The number of nitro groups is 1. The summed E-state index contributed by atoms with van der Waals surface area (Å²) >= 11 is 5.57. The second kappa shape index (κ2) is 3.29. The summed E-state index contributed by atoms with van der Waals surface area (Å²) in [5.74, 6) is 0. The highest BCUT2D eigenvalue weighted by Crippen LogP contribution is 2.27. The summed E-state index contributed by atoms with van der Waals surface area (Å²) in [7, 11) is 0. The van der Waals surface area contributed by atoms with Gasteiger partial charge >= 0.3 is 0 Å². The second-order valence-electron chi connectivity index (χ2n) is 2.26. The van der Waals surface area contributed by atoms with E-state index in [0.717, 1.165) is 6.07 Å². The van der Waals surface area contributed by atoms with Crippen LogP contribution in [0.25, 0.3) is 0 Å². The van der Waals surface area contributed by atoms with Gasteiger partial charge in [-0.3, -0.25) is 10.1 Å². The number of rotatable bonds is 1. The van der Waals surface area contributed by atoms with Gasteiger partial charge in [0.15, 0.2) is 0 Å². The van der Waals surface area contributed by atoms with E-state index in [4.69, 9.17) is 22.6 Å². The normalized spacial score (nSPS) is 9.23. The highest BCUT2D eigenvalue weighted by Gasteiger charge is 2.15. The van der Waals surface area contributed by atoms with E-state index in [2.05, 4.69) is 0 Å². The summed E-state index contributed by atoms with van der Waals surface area (Å²) in [4.78, 5) is 9.72. The Labute approximate surface area is 78.5 Å². The van der Waals surface area contributed by atoms with Gasteiger partial charge in [-0.15, -0.1) is 0 Å². The van der Waals surface area contributed by atoms with Crippen molar-refractivity contribution in [1.82, 2.24) is 0 Å². The molecule has 13 heavy (non-hydrogen) atoms.